The van der Waals surface area contributed by atoms with E-state index < -0.39 is 0 Å². The second-order valence-corrected chi connectivity index (χ2v) is 5.84. The molecule has 1 amide bonds. The molecule has 1 aromatic carbocycles. The van der Waals surface area contributed by atoms with Crippen molar-refractivity contribution in [2.45, 2.75) is 40.7 Å². The van der Waals surface area contributed by atoms with Crippen molar-refractivity contribution in [3.63, 3.8) is 0 Å². The number of carbonyl (C=O) groups is 1. The van der Waals surface area contributed by atoms with Gasteiger partial charge < -0.3 is 10.6 Å². The normalized spacial score (nSPS) is 12.5. The second kappa shape index (κ2) is 8.05. The first-order valence-electron chi connectivity index (χ1n) is 7.52. The molecule has 1 atom stereocenters. The molecule has 1 rings (SSSR count). The number of rotatable bonds is 7. The number of hydrogen-bond acceptors (Lipinski definition) is 2. The number of carbonyl (C=O) groups excluding carboxylic acids is 1. The van der Waals surface area contributed by atoms with Gasteiger partial charge in [-0.2, -0.15) is 0 Å². The Bertz CT molecular complexity index is 429. The molecule has 0 aliphatic heterocycles. The molecule has 1 aromatic rings. The number of nitrogens with two attached hydrogens (primary N) is 1. The molecule has 0 aliphatic rings. The minimum absolute atomic E-state index is 0.0565. The maximum atomic E-state index is 12.6. The van der Waals surface area contributed by atoms with Crippen LogP contribution in [0, 0.1) is 18.8 Å². The second-order valence-electron chi connectivity index (χ2n) is 5.84. The summed E-state index contributed by atoms with van der Waals surface area (Å²) in [5, 5.41) is 0. The first-order valence-corrected chi connectivity index (χ1v) is 7.52. The van der Waals surface area contributed by atoms with Gasteiger partial charge in [0.15, 0.2) is 0 Å². The fourth-order valence-corrected chi connectivity index (χ4v) is 2.46. The monoisotopic (exact) mass is 276 g/mol. The van der Waals surface area contributed by atoms with E-state index in [2.05, 4.69) is 32.9 Å². The molecule has 0 radical (unpaired) electrons. The lowest BCUT2D eigenvalue weighted by atomic mass is 9.95. The Kier molecular flexibility index (Phi) is 6.73. The summed E-state index contributed by atoms with van der Waals surface area (Å²) in [6.45, 7) is 10.2. The maximum absolute atomic E-state index is 12.6. The number of aryl methyl sites for hydroxylation is 1. The van der Waals surface area contributed by atoms with Crippen molar-refractivity contribution in [3.8, 4) is 0 Å². The summed E-state index contributed by atoms with van der Waals surface area (Å²) in [5.74, 6) is 0.621. The Morgan fingerprint density at radius 3 is 2.45 bits per heavy atom. The molecule has 112 valence electrons. The molecule has 0 heterocycles. The first kappa shape index (κ1) is 16.7. The van der Waals surface area contributed by atoms with Gasteiger partial charge in [-0.25, -0.2) is 0 Å². The van der Waals surface area contributed by atoms with Crippen LogP contribution in [0.2, 0.25) is 0 Å². The van der Waals surface area contributed by atoms with Gasteiger partial charge in [0, 0.05) is 19.6 Å². The molecule has 0 saturated carbocycles. The topological polar surface area (TPSA) is 46.3 Å². The fourth-order valence-electron chi connectivity index (χ4n) is 2.46. The third-order valence-corrected chi connectivity index (χ3v) is 3.71. The average molecular weight is 276 g/mol. The fraction of sp³-hybridized carbons (Fsp3) is 0.588. The Morgan fingerprint density at radius 1 is 1.30 bits per heavy atom. The molecule has 0 bridgehead atoms. The lowest BCUT2D eigenvalue weighted by Gasteiger charge is -2.27. The van der Waals surface area contributed by atoms with E-state index in [1.165, 1.54) is 11.1 Å². The Balaban J connectivity index is 2.79. The van der Waals surface area contributed by atoms with Gasteiger partial charge >= 0.3 is 0 Å². The predicted octanol–water partition coefficient (Wildman–Crippen LogP) is 2.96. The summed E-state index contributed by atoms with van der Waals surface area (Å²) in [4.78, 5) is 14.5. The van der Waals surface area contributed by atoms with Crippen molar-refractivity contribution in [3.05, 3.63) is 35.4 Å². The maximum Gasteiger partial charge on any atom is 0.227 e. The molecule has 1 unspecified atom stereocenters. The molecule has 0 fully saturated rings. The van der Waals surface area contributed by atoms with Gasteiger partial charge in [0.1, 0.15) is 0 Å². The Labute approximate surface area is 123 Å². The van der Waals surface area contributed by atoms with Crippen LogP contribution in [0.4, 0.5) is 0 Å². The standard InChI is InChI=1S/C17H28N2O/c1-5-19(12-15-9-7-6-8-14(15)4)17(20)16(11-18)10-13(2)3/h6-9,13,16H,5,10-12,18H2,1-4H3. The number of amides is 1. The van der Waals surface area contributed by atoms with Gasteiger partial charge in [-0.3, -0.25) is 4.79 Å². The van der Waals surface area contributed by atoms with Crippen LogP contribution in [0.25, 0.3) is 0 Å². The zero-order chi connectivity index (χ0) is 15.1. The van der Waals surface area contributed by atoms with Gasteiger partial charge in [-0.05, 0) is 37.3 Å². The van der Waals surface area contributed by atoms with Gasteiger partial charge in [-0.15, -0.1) is 0 Å². The van der Waals surface area contributed by atoms with Crippen LogP contribution in [0.5, 0.6) is 0 Å². The highest BCUT2D eigenvalue weighted by molar-refractivity contribution is 5.79. The quantitative estimate of drug-likeness (QED) is 0.832. The molecule has 2 N–H and O–H groups in total. The highest BCUT2D eigenvalue weighted by Gasteiger charge is 2.23. The minimum atomic E-state index is -0.0565. The Hall–Kier alpha value is -1.35. The van der Waals surface area contributed by atoms with Crippen molar-refractivity contribution < 1.29 is 4.79 Å². The highest BCUT2D eigenvalue weighted by atomic mass is 16.2. The summed E-state index contributed by atoms with van der Waals surface area (Å²) in [7, 11) is 0. The van der Waals surface area contributed by atoms with E-state index in [1.807, 2.05) is 24.0 Å². The van der Waals surface area contributed by atoms with Crippen LogP contribution in [0.3, 0.4) is 0 Å². The van der Waals surface area contributed by atoms with E-state index in [9.17, 15) is 4.79 Å². The van der Waals surface area contributed by atoms with Crippen LogP contribution in [0.15, 0.2) is 24.3 Å². The molecule has 0 spiro atoms. The first-order chi connectivity index (χ1) is 9.49. The minimum Gasteiger partial charge on any atom is -0.338 e. The zero-order valence-electron chi connectivity index (χ0n) is 13.2. The van der Waals surface area contributed by atoms with E-state index >= 15 is 0 Å². The molecule has 20 heavy (non-hydrogen) atoms. The van der Waals surface area contributed by atoms with Crippen molar-refractivity contribution >= 4 is 5.91 Å². The summed E-state index contributed by atoms with van der Waals surface area (Å²) in [6, 6.07) is 8.22. The predicted molar refractivity (Wildman–Crippen MR) is 84.3 cm³/mol. The number of benzene rings is 1. The zero-order valence-corrected chi connectivity index (χ0v) is 13.2. The summed E-state index contributed by atoms with van der Waals surface area (Å²) >= 11 is 0. The van der Waals surface area contributed by atoms with Gasteiger partial charge in [-0.1, -0.05) is 38.1 Å². The van der Waals surface area contributed by atoms with Gasteiger partial charge in [0.05, 0.1) is 5.92 Å². The van der Waals surface area contributed by atoms with Crippen molar-refractivity contribution in [1.82, 2.24) is 4.90 Å². The van der Waals surface area contributed by atoms with E-state index in [0.717, 1.165) is 13.0 Å². The van der Waals surface area contributed by atoms with Crippen LogP contribution in [-0.4, -0.2) is 23.9 Å². The Morgan fingerprint density at radius 2 is 1.95 bits per heavy atom. The van der Waals surface area contributed by atoms with Crippen LogP contribution in [0.1, 0.15) is 38.3 Å². The van der Waals surface area contributed by atoms with Crippen molar-refractivity contribution in [1.29, 1.82) is 0 Å². The SMILES string of the molecule is CCN(Cc1ccccc1C)C(=O)C(CN)CC(C)C. The number of nitrogens with zero attached hydrogens (tertiary/aromatic N) is 1. The number of hydrogen-bond donors (Lipinski definition) is 1. The van der Waals surface area contributed by atoms with Crippen LogP contribution >= 0.6 is 0 Å². The molecular formula is C17H28N2O. The van der Waals surface area contributed by atoms with E-state index in [-0.39, 0.29) is 11.8 Å². The summed E-state index contributed by atoms with van der Waals surface area (Å²) in [5.41, 5.74) is 8.23. The molecule has 0 saturated heterocycles. The van der Waals surface area contributed by atoms with Crippen molar-refractivity contribution in [2.75, 3.05) is 13.1 Å². The lowest BCUT2D eigenvalue weighted by Crippen LogP contribution is -2.39. The van der Waals surface area contributed by atoms with E-state index in [1.54, 1.807) is 0 Å². The lowest BCUT2D eigenvalue weighted by molar-refractivity contribution is -0.136. The largest absolute Gasteiger partial charge is 0.338 e. The summed E-state index contributed by atoms with van der Waals surface area (Å²) in [6.07, 6.45) is 0.861. The van der Waals surface area contributed by atoms with Crippen LogP contribution in [-0.2, 0) is 11.3 Å². The molecular weight excluding hydrogens is 248 g/mol. The van der Waals surface area contributed by atoms with Gasteiger partial charge in [0.2, 0.25) is 5.91 Å². The average Bonchev–Trinajstić information content (AvgIpc) is 2.43. The molecule has 3 heteroatoms. The van der Waals surface area contributed by atoms with E-state index in [4.69, 9.17) is 5.73 Å². The summed E-state index contributed by atoms with van der Waals surface area (Å²) < 4.78 is 0. The highest BCUT2D eigenvalue weighted by Crippen LogP contribution is 2.17. The molecule has 0 aliphatic carbocycles. The van der Waals surface area contributed by atoms with Crippen LogP contribution < -0.4 is 5.73 Å². The third kappa shape index (κ3) is 4.64. The third-order valence-electron chi connectivity index (χ3n) is 3.71. The smallest absolute Gasteiger partial charge is 0.227 e. The molecule has 3 nitrogen and oxygen atoms in total. The van der Waals surface area contributed by atoms with E-state index in [0.29, 0.717) is 19.0 Å². The molecule has 0 aromatic heterocycles. The van der Waals surface area contributed by atoms with Crippen molar-refractivity contribution in [2.24, 2.45) is 17.6 Å². The van der Waals surface area contributed by atoms with Gasteiger partial charge in [0.25, 0.3) is 0 Å².